The van der Waals surface area contributed by atoms with E-state index in [0.29, 0.717) is 22.5 Å². The van der Waals surface area contributed by atoms with E-state index in [9.17, 15) is 9.36 Å². The first-order valence-corrected chi connectivity index (χ1v) is 10.7. The number of nitrogens with zero attached hydrogens (tertiary/aromatic N) is 3. The molecule has 28 heavy (non-hydrogen) atoms. The Labute approximate surface area is 162 Å². The normalized spacial score (nSPS) is 11.4. The van der Waals surface area contributed by atoms with Crippen LogP contribution in [0, 0.1) is 0 Å². The van der Waals surface area contributed by atoms with E-state index < -0.39 is 7.80 Å². The third-order valence-electron chi connectivity index (χ3n) is 4.28. The average molecular weight is 389 g/mol. The highest BCUT2D eigenvalue weighted by Gasteiger charge is 2.18. The lowest BCUT2D eigenvalue weighted by molar-refractivity contribution is 0.584. The molecular formula is C21H18N4O2P+. The molecule has 0 amide bonds. The Morgan fingerprint density at radius 2 is 1.71 bits per heavy atom. The molecule has 0 bridgehead atoms. The Morgan fingerprint density at radius 1 is 1.04 bits per heavy atom. The first-order valence-electron chi connectivity index (χ1n) is 8.78. The van der Waals surface area contributed by atoms with E-state index in [1.165, 1.54) is 4.57 Å². The Bertz CT molecular complexity index is 1210. The summed E-state index contributed by atoms with van der Waals surface area (Å²) in [4.78, 5) is 22.0. The largest absolute Gasteiger partial charge is 0.357 e. The molecule has 7 heteroatoms. The summed E-state index contributed by atoms with van der Waals surface area (Å²) in [5, 5.41) is 3.85. The fourth-order valence-electron chi connectivity index (χ4n) is 3.02. The molecule has 0 spiro atoms. The highest BCUT2D eigenvalue weighted by Crippen LogP contribution is 2.24. The Kier molecular flexibility index (Phi) is 4.96. The number of hydrogen-bond donors (Lipinski definition) is 1. The van der Waals surface area contributed by atoms with Gasteiger partial charge in [-0.2, -0.15) is 4.98 Å². The van der Waals surface area contributed by atoms with E-state index in [1.54, 1.807) is 18.9 Å². The van der Waals surface area contributed by atoms with Gasteiger partial charge in [-0.3, -0.25) is 4.79 Å². The highest BCUT2D eigenvalue weighted by atomic mass is 31.1. The number of nitrogens with one attached hydrogen (secondary N) is 1. The Morgan fingerprint density at radius 3 is 2.39 bits per heavy atom. The first-order chi connectivity index (χ1) is 13.6. The lowest BCUT2D eigenvalue weighted by Crippen LogP contribution is -2.22. The van der Waals surface area contributed by atoms with Crippen LogP contribution in [0.5, 0.6) is 0 Å². The van der Waals surface area contributed by atoms with Crippen molar-refractivity contribution in [2.45, 2.75) is 6.29 Å². The molecule has 2 heterocycles. The molecule has 0 fully saturated rings. The molecule has 0 radical (unpaired) electrons. The SMILES string of the molecule is C[P+](=O)Cn1c(=O)c(-c2ccccc2)cc2cnc(Nc3ccccc3)nc21. The maximum Gasteiger partial charge on any atom is 0.357 e. The van der Waals surface area contributed by atoms with E-state index in [-0.39, 0.29) is 11.8 Å². The van der Waals surface area contributed by atoms with Gasteiger partial charge in [0, 0.05) is 22.8 Å². The van der Waals surface area contributed by atoms with Crippen LogP contribution in [0.4, 0.5) is 11.6 Å². The minimum atomic E-state index is -1.57. The minimum absolute atomic E-state index is 0.104. The molecular weight excluding hydrogens is 371 g/mol. The summed E-state index contributed by atoms with van der Waals surface area (Å²) in [6.07, 6.45) is 1.78. The van der Waals surface area contributed by atoms with Crippen molar-refractivity contribution in [3.63, 3.8) is 0 Å². The van der Waals surface area contributed by atoms with Crippen molar-refractivity contribution in [3.05, 3.63) is 83.3 Å². The zero-order chi connectivity index (χ0) is 19.5. The van der Waals surface area contributed by atoms with Gasteiger partial charge in [0.25, 0.3) is 5.56 Å². The molecule has 1 atom stereocenters. The van der Waals surface area contributed by atoms with Gasteiger partial charge < -0.3 is 5.32 Å². The summed E-state index contributed by atoms with van der Waals surface area (Å²) in [5.41, 5.74) is 2.44. The van der Waals surface area contributed by atoms with Gasteiger partial charge in [-0.25, -0.2) is 9.55 Å². The van der Waals surface area contributed by atoms with Gasteiger partial charge in [-0.15, -0.1) is 0 Å². The number of para-hydroxylation sites is 1. The molecule has 0 aliphatic heterocycles. The molecule has 4 aromatic rings. The van der Waals surface area contributed by atoms with Crippen molar-refractivity contribution in [1.82, 2.24) is 14.5 Å². The Hall–Kier alpha value is -3.37. The molecule has 2 aromatic heterocycles. The van der Waals surface area contributed by atoms with Crippen molar-refractivity contribution in [1.29, 1.82) is 0 Å². The predicted octanol–water partition coefficient (Wildman–Crippen LogP) is 4.62. The molecule has 6 nitrogen and oxygen atoms in total. The lowest BCUT2D eigenvalue weighted by atomic mass is 10.1. The van der Waals surface area contributed by atoms with Crippen LogP contribution in [-0.4, -0.2) is 21.2 Å². The van der Waals surface area contributed by atoms with E-state index in [2.05, 4.69) is 15.3 Å². The maximum absolute atomic E-state index is 13.1. The summed E-state index contributed by atoms with van der Waals surface area (Å²) < 4.78 is 13.4. The second kappa shape index (κ2) is 7.71. The van der Waals surface area contributed by atoms with E-state index in [1.807, 2.05) is 60.7 Å². The van der Waals surface area contributed by atoms with Crippen LogP contribution in [0.3, 0.4) is 0 Å². The lowest BCUT2D eigenvalue weighted by Gasteiger charge is -2.10. The molecule has 0 aliphatic rings. The number of fused-ring (bicyclic) bond motifs is 1. The second-order valence-electron chi connectivity index (χ2n) is 6.39. The molecule has 1 N–H and O–H groups in total. The third kappa shape index (κ3) is 3.68. The average Bonchev–Trinajstić information content (AvgIpc) is 2.71. The number of rotatable bonds is 5. The van der Waals surface area contributed by atoms with E-state index >= 15 is 0 Å². The Balaban J connectivity index is 1.88. The van der Waals surface area contributed by atoms with Crippen molar-refractivity contribution >= 4 is 30.5 Å². The zero-order valence-corrected chi connectivity index (χ0v) is 16.1. The summed E-state index contributed by atoms with van der Waals surface area (Å²) in [6.45, 7) is 1.60. The maximum atomic E-state index is 13.1. The van der Waals surface area contributed by atoms with Crippen molar-refractivity contribution < 1.29 is 4.57 Å². The van der Waals surface area contributed by atoms with Gasteiger partial charge >= 0.3 is 7.80 Å². The summed E-state index contributed by atoms with van der Waals surface area (Å²) in [6, 6.07) is 20.8. The molecule has 0 aliphatic carbocycles. The predicted molar refractivity (Wildman–Crippen MR) is 112 cm³/mol. The summed E-state index contributed by atoms with van der Waals surface area (Å²) in [5.74, 6) is 0.380. The monoisotopic (exact) mass is 389 g/mol. The van der Waals surface area contributed by atoms with Crippen LogP contribution < -0.4 is 10.9 Å². The van der Waals surface area contributed by atoms with Crippen molar-refractivity contribution in [2.75, 3.05) is 12.0 Å². The standard InChI is InChI=1S/C21H17N4O2P/c1-28(27)14-25-19-16(12-18(20(25)26)15-8-4-2-5-9-15)13-22-21(24-19)23-17-10-6-3-7-11-17/h2-13H,14H2,1H3/p+1. The van der Waals surface area contributed by atoms with Gasteiger partial charge in [0.15, 0.2) is 5.65 Å². The molecule has 0 saturated heterocycles. The fraction of sp³-hybridized carbons (Fsp3) is 0.0952. The van der Waals surface area contributed by atoms with E-state index in [0.717, 1.165) is 11.3 Å². The highest BCUT2D eigenvalue weighted by molar-refractivity contribution is 7.42. The number of pyridine rings is 1. The van der Waals surface area contributed by atoms with Crippen LogP contribution in [0.25, 0.3) is 22.2 Å². The van der Waals surface area contributed by atoms with Gasteiger partial charge in [0.05, 0.1) is 0 Å². The topological polar surface area (TPSA) is 76.9 Å². The summed E-state index contributed by atoms with van der Waals surface area (Å²) in [7, 11) is -1.57. The number of anilines is 2. The minimum Gasteiger partial charge on any atom is -0.324 e. The van der Waals surface area contributed by atoms with Crippen LogP contribution in [0.15, 0.2) is 77.7 Å². The van der Waals surface area contributed by atoms with Gasteiger partial charge in [-0.05, 0) is 23.8 Å². The zero-order valence-electron chi connectivity index (χ0n) is 15.2. The van der Waals surface area contributed by atoms with Gasteiger partial charge in [0.1, 0.15) is 6.66 Å². The smallest absolute Gasteiger partial charge is 0.324 e. The van der Waals surface area contributed by atoms with Crippen LogP contribution >= 0.6 is 7.80 Å². The first kappa shape index (κ1) is 18.0. The van der Waals surface area contributed by atoms with Crippen molar-refractivity contribution in [2.24, 2.45) is 0 Å². The van der Waals surface area contributed by atoms with Crippen LogP contribution in [0.2, 0.25) is 0 Å². The van der Waals surface area contributed by atoms with Crippen LogP contribution in [-0.2, 0) is 10.9 Å². The molecule has 138 valence electrons. The number of benzene rings is 2. The summed E-state index contributed by atoms with van der Waals surface area (Å²) >= 11 is 0. The molecule has 0 saturated carbocycles. The van der Waals surface area contributed by atoms with Gasteiger partial charge in [0.2, 0.25) is 12.2 Å². The molecule has 4 rings (SSSR count). The number of hydrogen-bond acceptors (Lipinski definition) is 5. The fourth-order valence-corrected chi connectivity index (χ4v) is 3.69. The second-order valence-corrected chi connectivity index (χ2v) is 7.93. The quantitative estimate of drug-likeness (QED) is 0.504. The third-order valence-corrected chi connectivity index (χ3v) is 4.96. The van der Waals surface area contributed by atoms with E-state index in [4.69, 9.17) is 0 Å². The molecule has 2 aromatic carbocycles. The van der Waals surface area contributed by atoms with Gasteiger partial charge in [-0.1, -0.05) is 53.1 Å². The van der Waals surface area contributed by atoms with Crippen LogP contribution in [0.1, 0.15) is 0 Å². The van der Waals surface area contributed by atoms with Crippen molar-refractivity contribution in [3.8, 4) is 11.1 Å². The number of aromatic nitrogens is 3. The molecule has 1 unspecified atom stereocenters.